The number of benzene rings is 2. The minimum absolute atomic E-state index is 0.690. The van der Waals surface area contributed by atoms with Crippen LogP contribution in [0, 0.1) is 0 Å². The predicted molar refractivity (Wildman–Crippen MR) is 124 cm³/mol. The Kier molecular flexibility index (Phi) is 4.65. The van der Waals surface area contributed by atoms with Gasteiger partial charge in [-0.2, -0.15) is 10.1 Å². The van der Waals surface area contributed by atoms with E-state index in [1.54, 1.807) is 7.11 Å². The SMILES string of the molecule is COc1cccc(-c2nc(N3CCOCC3)nc3c2CCN3c2ccc3[nH]ncc3c2)c1. The summed E-state index contributed by atoms with van der Waals surface area (Å²) in [6.07, 6.45) is 2.74. The molecule has 8 nitrogen and oxygen atoms in total. The summed E-state index contributed by atoms with van der Waals surface area (Å²) in [5.41, 5.74) is 5.33. The molecule has 0 bridgehead atoms. The van der Waals surface area contributed by atoms with Crippen molar-refractivity contribution >= 4 is 28.4 Å². The molecule has 0 saturated carbocycles. The largest absolute Gasteiger partial charge is 0.497 e. The van der Waals surface area contributed by atoms with Crippen molar-refractivity contribution in [3.63, 3.8) is 0 Å². The lowest BCUT2D eigenvalue weighted by Gasteiger charge is -2.28. The molecule has 0 unspecified atom stereocenters. The van der Waals surface area contributed by atoms with E-state index < -0.39 is 0 Å². The number of ether oxygens (including phenoxy) is 2. The van der Waals surface area contributed by atoms with Gasteiger partial charge in [-0.1, -0.05) is 12.1 Å². The van der Waals surface area contributed by atoms with Crippen LogP contribution in [0.15, 0.2) is 48.7 Å². The molecular formula is C24H24N6O2. The molecule has 8 heteroatoms. The maximum atomic E-state index is 5.55. The number of hydrogen-bond acceptors (Lipinski definition) is 7. The minimum atomic E-state index is 0.690. The Balaban J connectivity index is 1.49. The Labute approximate surface area is 185 Å². The second-order valence-corrected chi connectivity index (χ2v) is 8.05. The lowest BCUT2D eigenvalue weighted by molar-refractivity contribution is 0.122. The molecule has 0 radical (unpaired) electrons. The van der Waals surface area contributed by atoms with E-state index in [0.29, 0.717) is 13.2 Å². The monoisotopic (exact) mass is 428 g/mol. The minimum Gasteiger partial charge on any atom is -0.497 e. The highest BCUT2D eigenvalue weighted by atomic mass is 16.5. The molecule has 2 aliphatic heterocycles. The lowest BCUT2D eigenvalue weighted by Crippen LogP contribution is -2.37. The van der Waals surface area contributed by atoms with Crippen LogP contribution in [0.4, 0.5) is 17.5 Å². The number of nitrogens with zero attached hydrogens (tertiary/aromatic N) is 5. The van der Waals surface area contributed by atoms with Gasteiger partial charge in [-0.15, -0.1) is 0 Å². The predicted octanol–water partition coefficient (Wildman–Crippen LogP) is 3.56. The van der Waals surface area contributed by atoms with Gasteiger partial charge in [-0.3, -0.25) is 5.10 Å². The van der Waals surface area contributed by atoms with E-state index in [9.17, 15) is 0 Å². The Morgan fingerprint density at radius 3 is 2.81 bits per heavy atom. The Bertz CT molecular complexity index is 1280. The zero-order chi connectivity index (χ0) is 21.5. The molecular weight excluding hydrogens is 404 g/mol. The van der Waals surface area contributed by atoms with Gasteiger partial charge >= 0.3 is 0 Å². The zero-order valence-corrected chi connectivity index (χ0v) is 17.9. The molecule has 0 atom stereocenters. The normalized spacial score (nSPS) is 15.9. The third-order valence-corrected chi connectivity index (χ3v) is 6.19. The fourth-order valence-electron chi connectivity index (χ4n) is 4.51. The van der Waals surface area contributed by atoms with Crippen LogP contribution in [0.2, 0.25) is 0 Å². The molecule has 1 fully saturated rings. The highest BCUT2D eigenvalue weighted by molar-refractivity contribution is 5.85. The van der Waals surface area contributed by atoms with Crippen LogP contribution in [0.3, 0.4) is 0 Å². The van der Waals surface area contributed by atoms with E-state index in [1.165, 1.54) is 5.56 Å². The van der Waals surface area contributed by atoms with Crippen LogP contribution in [-0.2, 0) is 11.2 Å². The molecule has 6 rings (SSSR count). The van der Waals surface area contributed by atoms with Crippen LogP contribution in [0.1, 0.15) is 5.56 Å². The smallest absolute Gasteiger partial charge is 0.228 e. The van der Waals surface area contributed by atoms with E-state index in [4.69, 9.17) is 19.4 Å². The number of aromatic amines is 1. The molecule has 4 aromatic rings. The molecule has 32 heavy (non-hydrogen) atoms. The van der Waals surface area contributed by atoms with E-state index in [0.717, 1.165) is 71.4 Å². The Hall–Kier alpha value is -3.65. The number of hydrogen-bond donors (Lipinski definition) is 1. The van der Waals surface area contributed by atoms with E-state index in [1.807, 2.05) is 24.4 Å². The summed E-state index contributed by atoms with van der Waals surface area (Å²) in [7, 11) is 1.69. The summed E-state index contributed by atoms with van der Waals surface area (Å²) in [5.74, 6) is 2.55. The van der Waals surface area contributed by atoms with Crippen LogP contribution >= 0.6 is 0 Å². The number of methoxy groups -OCH3 is 1. The average molecular weight is 428 g/mol. The molecule has 1 N–H and O–H groups in total. The first kappa shape index (κ1) is 19.1. The molecule has 4 heterocycles. The number of H-pyrrole nitrogens is 1. The topological polar surface area (TPSA) is 79.4 Å². The highest BCUT2D eigenvalue weighted by Gasteiger charge is 2.29. The summed E-state index contributed by atoms with van der Waals surface area (Å²) in [6, 6.07) is 14.5. The maximum Gasteiger partial charge on any atom is 0.228 e. The van der Waals surface area contributed by atoms with E-state index in [2.05, 4.69) is 44.3 Å². The lowest BCUT2D eigenvalue weighted by atomic mass is 10.1. The van der Waals surface area contributed by atoms with Gasteiger partial charge in [0.05, 0.1) is 37.7 Å². The second-order valence-electron chi connectivity index (χ2n) is 8.05. The number of rotatable bonds is 4. The number of anilines is 3. The van der Waals surface area contributed by atoms with Gasteiger partial charge in [0.2, 0.25) is 5.95 Å². The summed E-state index contributed by atoms with van der Waals surface area (Å²) >= 11 is 0. The Morgan fingerprint density at radius 2 is 1.94 bits per heavy atom. The summed E-state index contributed by atoms with van der Waals surface area (Å²) in [6.45, 7) is 3.82. The van der Waals surface area contributed by atoms with Crippen molar-refractivity contribution in [2.45, 2.75) is 6.42 Å². The van der Waals surface area contributed by atoms with E-state index in [-0.39, 0.29) is 0 Å². The molecule has 0 aliphatic carbocycles. The molecule has 0 spiro atoms. The Morgan fingerprint density at radius 1 is 1.03 bits per heavy atom. The van der Waals surface area contributed by atoms with E-state index >= 15 is 0 Å². The zero-order valence-electron chi connectivity index (χ0n) is 17.9. The third kappa shape index (κ3) is 3.23. The number of nitrogens with one attached hydrogen (secondary N) is 1. The van der Waals surface area contributed by atoms with Gasteiger partial charge < -0.3 is 19.3 Å². The van der Waals surface area contributed by atoms with Crippen LogP contribution < -0.4 is 14.5 Å². The van der Waals surface area contributed by atoms with Gasteiger partial charge in [0, 0.05) is 41.8 Å². The van der Waals surface area contributed by atoms with Gasteiger partial charge in [-0.25, -0.2) is 4.98 Å². The maximum absolute atomic E-state index is 5.55. The second kappa shape index (κ2) is 7.80. The van der Waals surface area contributed by atoms with Gasteiger partial charge in [0.25, 0.3) is 0 Å². The van der Waals surface area contributed by atoms with Crippen LogP contribution in [0.5, 0.6) is 5.75 Å². The van der Waals surface area contributed by atoms with Crippen LogP contribution in [0.25, 0.3) is 22.2 Å². The summed E-state index contributed by atoms with van der Waals surface area (Å²) in [4.78, 5) is 14.6. The fraction of sp³-hybridized carbons (Fsp3) is 0.292. The molecule has 0 amide bonds. The van der Waals surface area contributed by atoms with Crippen molar-refractivity contribution < 1.29 is 9.47 Å². The van der Waals surface area contributed by atoms with Gasteiger partial charge in [0.15, 0.2) is 0 Å². The average Bonchev–Trinajstić information content (AvgIpc) is 3.50. The third-order valence-electron chi connectivity index (χ3n) is 6.19. The van der Waals surface area contributed by atoms with Crippen molar-refractivity contribution in [1.29, 1.82) is 0 Å². The molecule has 2 aromatic heterocycles. The highest BCUT2D eigenvalue weighted by Crippen LogP contribution is 2.40. The summed E-state index contributed by atoms with van der Waals surface area (Å²) < 4.78 is 11.0. The fourth-order valence-corrected chi connectivity index (χ4v) is 4.51. The standard InChI is InChI=1S/C24H24N6O2/c1-31-19-4-2-3-16(14-19)22-20-7-8-30(18-5-6-21-17(13-18)15-25-28-21)23(20)27-24(26-22)29-9-11-32-12-10-29/h2-6,13-15H,7-12H2,1H3,(H,25,28). The first-order chi connectivity index (χ1) is 15.8. The molecule has 1 saturated heterocycles. The quantitative estimate of drug-likeness (QED) is 0.532. The van der Waals surface area contributed by atoms with Crippen molar-refractivity contribution in [3.05, 3.63) is 54.2 Å². The first-order valence-electron chi connectivity index (χ1n) is 10.9. The van der Waals surface area contributed by atoms with Crippen molar-refractivity contribution in [2.75, 3.05) is 49.8 Å². The molecule has 162 valence electrons. The number of morpholine rings is 1. The molecule has 2 aliphatic rings. The van der Waals surface area contributed by atoms with Gasteiger partial charge in [0.1, 0.15) is 11.6 Å². The van der Waals surface area contributed by atoms with Gasteiger partial charge in [-0.05, 0) is 36.8 Å². The van der Waals surface area contributed by atoms with Crippen molar-refractivity contribution in [3.8, 4) is 17.0 Å². The van der Waals surface area contributed by atoms with Crippen molar-refractivity contribution in [1.82, 2.24) is 20.2 Å². The summed E-state index contributed by atoms with van der Waals surface area (Å²) in [5, 5.41) is 8.27. The number of aromatic nitrogens is 4. The molecule has 2 aromatic carbocycles. The number of fused-ring (bicyclic) bond motifs is 2. The van der Waals surface area contributed by atoms with Crippen LogP contribution in [-0.4, -0.2) is 60.1 Å². The first-order valence-corrected chi connectivity index (χ1v) is 10.9. The van der Waals surface area contributed by atoms with Crippen molar-refractivity contribution in [2.24, 2.45) is 0 Å².